The van der Waals surface area contributed by atoms with Crippen molar-refractivity contribution in [1.82, 2.24) is 0 Å². The quantitative estimate of drug-likeness (QED) is 0.748. The van der Waals surface area contributed by atoms with Crippen molar-refractivity contribution < 1.29 is 4.79 Å². The summed E-state index contributed by atoms with van der Waals surface area (Å²) in [7, 11) is 0. The number of anilines is 1. The van der Waals surface area contributed by atoms with Crippen LogP contribution in [-0.2, 0) is 4.79 Å². The molecule has 0 aromatic heterocycles. The Morgan fingerprint density at radius 2 is 1.88 bits per heavy atom. The largest absolute Gasteiger partial charge is 0.323 e. The van der Waals surface area contributed by atoms with Gasteiger partial charge in [0.1, 0.15) is 0 Å². The first-order valence-electron chi connectivity index (χ1n) is 6.14. The summed E-state index contributed by atoms with van der Waals surface area (Å²) in [6.07, 6.45) is 2.50. The van der Waals surface area contributed by atoms with Gasteiger partial charge in [0.05, 0.1) is 0 Å². The predicted octanol–water partition coefficient (Wildman–Crippen LogP) is 4.56. The van der Waals surface area contributed by atoms with E-state index in [4.69, 9.17) is 0 Å². The lowest BCUT2D eigenvalue weighted by Gasteiger charge is -2.01. The summed E-state index contributed by atoms with van der Waals surface area (Å²) >= 11 is 0. The summed E-state index contributed by atoms with van der Waals surface area (Å²) in [5, 5.41) is 2.68. The molecule has 0 atom stereocenters. The molecule has 96 valence electrons. The van der Waals surface area contributed by atoms with Gasteiger partial charge >= 0.3 is 0 Å². The van der Waals surface area contributed by atoms with E-state index in [-0.39, 0.29) is 5.91 Å². The normalized spacial score (nSPS) is 7.82. The van der Waals surface area contributed by atoms with Gasteiger partial charge in [0.25, 0.3) is 0 Å². The Kier molecular flexibility index (Phi) is 13.1. The number of carbonyl (C=O) groups excluding carboxylic acids is 1. The third-order valence-corrected chi connectivity index (χ3v) is 1.47. The molecule has 17 heavy (non-hydrogen) atoms. The Labute approximate surface area is 106 Å². The fourth-order valence-electron chi connectivity index (χ4n) is 0.916. The van der Waals surface area contributed by atoms with Crippen LogP contribution < -0.4 is 5.32 Å². The number of aryl methyl sites for hydroxylation is 1. The maximum absolute atomic E-state index is 10.9. The number of carbonyl (C=O) groups is 1. The molecule has 2 heteroatoms. The van der Waals surface area contributed by atoms with Gasteiger partial charge in [0, 0.05) is 5.69 Å². The minimum absolute atomic E-state index is 0.180. The smallest absolute Gasteiger partial charge is 0.247 e. The summed E-state index contributed by atoms with van der Waals surface area (Å²) in [5.41, 5.74) is 1.93. The molecule has 1 aromatic carbocycles. The summed E-state index contributed by atoms with van der Waals surface area (Å²) in [5.74, 6) is -0.180. The number of amides is 1. The minimum atomic E-state index is -0.180. The Hall–Kier alpha value is -1.57. The lowest BCUT2D eigenvalue weighted by Crippen LogP contribution is -2.06. The van der Waals surface area contributed by atoms with Crippen LogP contribution in [0.2, 0.25) is 0 Å². The van der Waals surface area contributed by atoms with Crippen molar-refractivity contribution >= 4 is 11.6 Å². The van der Waals surface area contributed by atoms with E-state index in [9.17, 15) is 4.79 Å². The summed E-state index contributed by atoms with van der Waals surface area (Å²) < 4.78 is 0. The Bertz CT molecular complexity index is 318. The fraction of sp³-hybridized carbons (Fsp3) is 0.400. The molecule has 0 unspecified atom stereocenters. The zero-order valence-electron chi connectivity index (χ0n) is 11.7. The van der Waals surface area contributed by atoms with Crippen molar-refractivity contribution in [2.75, 3.05) is 5.32 Å². The maximum Gasteiger partial charge on any atom is 0.247 e. The van der Waals surface area contributed by atoms with E-state index < -0.39 is 0 Å². The zero-order chi connectivity index (χ0) is 13.7. The van der Waals surface area contributed by atoms with Crippen LogP contribution in [0.1, 0.15) is 39.7 Å². The minimum Gasteiger partial charge on any atom is -0.323 e. The van der Waals surface area contributed by atoms with Crippen LogP contribution in [0, 0.1) is 6.92 Å². The van der Waals surface area contributed by atoms with Crippen molar-refractivity contribution in [2.24, 2.45) is 0 Å². The Morgan fingerprint density at radius 3 is 2.29 bits per heavy atom. The van der Waals surface area contributed by atoms with Gasteiger partial charge in [-0.25, -0.2) is 0 Å². The highest BCUT2D eigenvalue weighted by Gasteiger charge is 1.95. The molecule has 0 heterocycles. The van der Waals surface area contributed by atoms with Gasteiger partial charge < -0.3 is 5.32 Å². The molecule has 0 radical (unpaired) electrons. The molecular formula is C15H25NO. The second-order valence-electron chi connectivity index (χ2n) is 3.27. The Morgan fingerprint density at radius 1 is 1.35 bits per heavy atom. The summed E-state index contributed by atoms with van der Waals surface area (Å²) in [6, 6.07) is 7.62. The molecule has 1 aromatic rings. The van der Waals surface area contributed by atoms with Crippen molar-refractivity contribution in [3.63, 3.8) is 0 Å². The van der Waals surface area contributed by atoms with Crippen LogP contribution in [0.5, 0.6) is 0 Å². The molecule has 0 aliphatic heterocycles. The molecule has 2 nitrogen and oxygen atoms in total. The van der Waals surface area contributed by atoms with Crippen LogP contribution >= 0.6 is 0 Å². The molecule has 0 saturated heterocycles. The number of benzene rings is 1. The van der Waals surface area contributed by atoms with Gasteiger partial charge in [-0.15, -0.1) is 0 Å². The molecule has 0 aliphatic carbocycles. The fourth-order valence-corrected chi connectivity index (χ4v) is 0.916. The lowest BCUT2D eigenvalue weighted by atomic mass is 10.2. The standard InChI is InChI=1S/C10H11NO.C3H8.C2H6/c1-3-10(12)11-9-6-4-5-8(2)7-9;1-3-2;1-2/h3-7H,1H2,2H3,(H,11,12);3H2,1-2H3;1-2H3. The maximum atomic E-state index is 10.9. The molecule has 0 saturated carbocycles. The monoisotopic (exact) mass is 235 g/mol. The van der Waals surface area contributed by atoms with Gasteiger partial charge in [-0.1, -0.05) is 52.8 Å². The van der Waals surface area contributed by atoms with Gasteiger partial charge in [0.15, 0.2) is 0 Å². The summed E-state index contributed by atoms with van der Waals surface area (Å²) in [6.45, 7) is 13.6. The first-order chi connectivity index (χ1) is 8.13. The van der Waals surface area contributed by atoms with E-state index in [0.717, 1.165) is 11.3 Å². The van der Waals surface area contributed by atoms with Gasteiger partial charge in [-0.2, -0.15) is 0 Å². The zero-order valence-corrected chi connectivity index (χ0v) is 11.7. The van der Waals surface area contributed by atoms with E-state index in [0.29, 0.717) is 0 Å². The number of rotatable bonds is 2. The first kappa shape index (κ1) is 17.8. The van der Waals surface area contributed by atoms with Crippen LogP contribution in [0.3, 0.4) is 0 Å². The third-order valence-electron chi connectivity index (χ3n) is 1.47. The van der Waals surface area contributed by atoms with Crippen LogP contribution in [0.4, 0.5) is 5.69 Å². The van der Waals surface area contributed by atoms with Gasteiger partial charge in [-0.05, 0) is 30.7 Å². The lowest BCUT2D eigenvalue weighted by molar-refractivity contribution is -0.111. The van der Waals surface area contributed by atoms with E-state index in [2.05, 4.69) is 25.7 Å². The average molecular weight is 235 g/mol. The highest BCUT2D eigenvalue weighted by Crippen LogP contribution is 2.08. The van der Waals surface area contributed by atoms with Crippen LogP contribution in [-0.4, -0.2) is 5.91 Å². The average Bonchev–Trinajstić information content (AvgIpc) is 2.32. The van der Waals surface area contributed by atoms with Crippen molar-refractivity contribution in [3.8, 4) is 0 Å². The van der Waals surface area contributed by atoms with Gasteiger partial charge in [-0.3, -0.25) is 4.79 Å². The molecular weight excluding hydrogens is 210 g/mol. The molecule has 0 aliphatic rings. The molecule has 1 rings (SSSR count). The third kappa shape index (κ3) is 10.7. The van der Waals surface area contributed by atoms with E-state index in [1.165, 1.54) is 12.5 Å². The highest BCUT2D eigenvalue weighted by molar-refractivity contribution is 5.98. The second-order valence-corrected chi connectivity index (χ2v) is 3.27. The van der Waals surface area contributed by atoms with Crippen molar-refractivity contribution in [1.29, 1.82) is 0 Å². The van der Waals surface area contributed by atoms with Crippen molar-refractivity contribution in [3.05, 3.63) is 42.5 Å². The second kappa shape index (κ2) is 12.5. The first-order valence-corrected chi connectivity index (χ1v) is 6.14. The molecule has 1 amide bonds. The predicted molar refractivity (Wildman–Crippen MR) is 77.3 cm³/mol. The molecule has 0 bridgehead atoms. The highest BCUT2D eigenvalue weighted by atomic mass is 16.1. The van der Waals surface area contributed by atoms with E-state index >= 15 is 0 Å². The number of hydrogen-bond donors (Lipinski definition) is 1. The molecule has 0 fully saturated rings. The molecule has 0 spiro atoms. The van der Waals surface area contributed by atoms with Crippen molar-refractivity contribution in [2.45, 2.75) is 41.0 Å². The van der Waals surface area contributed by atoms with Gasteiger partial charge in [0.2, 0.25) is 5.91 Å². The number of hydrogen-bond acceptors (Lipinski definition) is 1. The Balaban J connectivity index is 0. The van der Waals surface area contributed by atoms with E-state index in [1.807, 2.05) is 45.0 Å². The summed E-state index contributed by atoms with van der Waals surface area (Å²) in [4.78, 5) is 10.9. The SMILES string of the molecule is C=CC(=O)Nc1cccc(C)c1.CC.CCC. The van der Waals surface area contributed by atoms with Crippen LogP contribution in [0.25, 0.3) is 0 Å². The number of nitrogens with one attached hydrogen (secondary N) is 1. The molecule has 1 N–H and O–H groups in total. The van der Waals surface area contributed by atoms with E-state index in [1.54, 1.807) is 0 Å². The van der Waals surface area contributed by atoms with Crippen LogP contribution in [0.15, 0.2) is 36.9 Å². The topological polar surface area (TPSA) is 29.1 Å².